The zero-order valence-electron chi connectivity index (χ0n) is 17.4. The van der Waals surface area contributed by atoms with Crippen molar-refractivity contribution in [2.45, 2.75) is 32.7 Å². The first-order valence-corrected chi connectivity index (χ1v) is 11.1. The Labute approximate surface area is 187 Å². The van der Waals surface area contributed by atoms with Gasteiger partial charge in [-0.2, -0.15) is 5.10 Å². The molecule has 0 atom stereocenters. The molecule has 4 aromatic rings. The number of unbranched alkanes of at least 4 members (excludes halogenated alkanes) is 2. The number of hydrogen-bond donors (Lipinski definition) is 3. The van der Waals surface area contributed by atoms with E-state index in [2.05, 4.69) is 27.3 Å². The summed E-state index contributed by atoms with van der Waals surface area (Å²) in [6.45, 7) is 2.54. The molecular formula is C22H22N6O3S. The van der Waals surface area contributed by atoms with Crippen LogP contribution in [-0.4, -0.2) is 31.6 Å². The fourth-order valence-corrected chi connectivity index (χ4v) is 4.09. The number of benzene rings is 1. The topological polar surface area (TPSA) is 136 Å². The molecule has 0 bridgehead atoms. The van der Waals surface area contributed by atoms with Crippen LogP contribution in [0.25, 0.3) is 22.0 Å². The summed E-state index contributed by atoms with van der Waals surface area (Å²) in [5, 5.41) is 10.2. The lowest BCUT2D eigenvalue weighted by atomic mass is 10.1. The van der Waals surface area contributed by atoms with Crippen molar-refractivity contribution in [2.24, 2.45) is 5.73 Å². The highest BCUT2D eigenvalue weighted by Crippen LogP contribution is 2.26. The largest absolute Gasteiger partial charge is 0.364 e. The standard InChI is InChI=1S/C22H22N6O3S/c1-2-3-6-9-28-21(31)15-8-5-4-7-14(15)18(27-28)20(30)26-22-25-17(12-32-22)13-10-16(19(23)29)24-11-13/h4-5,7-8,10-12,24H,2-3,6,9H2,1H3,(H2,23,29)(H,25,26,30). The third-order valence-electron chi connectivity index (χ3n) is 5.03. The van der Waals surface area contributed by atoms with Crippen LogP contribution < -0.4 is 16.6 Å². The first kappa shape index (κ1) is 21.4. The van der Waals surface area contributed by atoms with Crippen LogP contribution in [0.2, 0.25) is 0 Å². The van der Waals surface area contributed by atoms with Crippen molar-refractivity contribution < 1.29 is 9.59 Å². The number of nitrogens with one attached hydrogen (secondary N) is 2. The molecule has 3 heterocycles. The van der Waals surface area contributed by atoms with Crippen molar-refractivity contribution in [3.8, 4) is 11.3 Å². The minimum atomic E-state index is -0.563. The normalized spacial score (nSPS) is 11.0. The molecule has 0 saturated heterocycles. The second-order valence-corrected chi connectivity index (χ2v) is 8.15. The van der Waals surface area contributed by atoms with E-state index in [0.29, 0.717) is 33.7 Å². The summed E-state index contributed by atoms with van der Waals surface area (Å²) < 4.78 is 1.37. The number of carbonyl (C=O) groups excluding carboxylic acids is 2. The van der Waals surface area contributed by atoms with E-state index in [-0.39, 0.29) is 16.9 Å². The van der Waals surface area contributed by atoms with E-state index in [0.717, 1.165) is 19.3 Å². The van der Waals surface area contributed by atoms with Crippen LogP contribution >= 0.6 is 11.3 Å². The van der Waals surface area contributed by atoms with Gasteiger partial charge in [-0.3, -0.25) is 19.7 Å². The Balaban J connectivity index is 1.62. The van der Waals surface area contributed by atoms with Crippen molar-refractivity contribution in [1.82, 2.24) is 19.7 Å². The molecule has 0 aliphatic carbocycles. The van der Waals surface area contributed by atoms with Crippen molar-refractivity contribution in [2.75, 3.05) is 5.32 Å². The van der Waals surface area contributed by atoms with E-state index in [9.17, 15) is 14.4 Å². The number of anilines is 1. The number of rotatable bonds is 8. The van der Waals surface area contributed by atoms with Crippen molar-refractivity contribution in [1.29, 1.82) is 0 Å². The Morgan fingerprint density at radius 1 is 1.22 bits per heavy atom. The molecule has 9 nitrogen and oxygen atoms in total. The summed E-state index contributed by atoms with van der Waals surface area (Å²) in [5.41, 5.74) is 6.79. The van der Waals surface area contributed by atoms with E-state index in [1.165, 1.54) is 16.0 Å². The summed E-state index contributed by atoms with van der Waals surface area (Å²) >= 11 is 1.25. The third-order valence-corrected chi connectivity index (χ3v) is 5.78. The molecular weight excluding hydrogens is 428 g/mol. The Bertz CT molecular complexity index is 1350. The molecule has 0 fully saturated rings. The Hall–Kier alpha value is -3.79. The quantitative estimate of drug-likeness (QED) is 0.354. The number of aromatic amines is 1. The lowest BCUT2D eigenvalue weighted by Crippen LogP contribution is -2.27. The number of fused-ring (bicyclic) bond motifs is 1. The highest BCUT2D eigenvalue weighted by Gasteiger charge is 2.18. The van der Waals surface area contributed by atoms with Crippen LogP contribution in [-0.2, 0) is 6.54 Å². The van der Waals surface area contributed by atoms with Crippen LogP contribution in [0.15, 0.2) is 46.7 Å². The van der Waals surface area contributed by atoms with Gasteiger partial charge >= 0.3 is 0 Å². The number of nitrogens with two attached hydrogens (primary N) is 1. The van der Waals surface area contributed by atoms with Crippen LogP contribution in [0.1, 0.15) is 47.2 Å². The molecule has 1 aromatic carbocycles. The number of aryl methyl sites for hydroxylation is 1. The van der Waals surface area contributed by atoms with Gasteiger partial charge in [0, 0.05) is 29.1 Å². The average molecular weight is 451 g/mol. The number of amides is 2. The van der Waals surface area contributed by atoms with Crippen molar-refractivity contribution in [3.63, 3.8) is 0 Å². The second-order valence-electron chi connectivity index (χ2n) is 7.29. The predicted molar refractivity (Wildman–Crippen MR) is 124 cm³/mol. The van der Waals surface area contributed by atoms with Crippen molar-refractivity contribution >= 4 is 39.1 Å². The van der Waals surface area contributed by atoms with E-state index >= 15 is 0 Å². The SMILES string of the molecule is CCCCCn1nc(C(=O)Nc2nc(-c3c[nH]c(C(N)=O)c3)cs2)c2ccccc2c1=O. The molecule has 4 rings (SSSR count). The first-order valence-electron chi connectivity index (χ1n) is 10.2. The number of aromatic nitrogens is 4. The molecule has 0 aliphatic rings. The van der Waals surface area contributed by atoms with Gasteiger partial charge in [-0.05, 0) is 18.6 Å². The molecule has 32 heavy (non-hydrogen) atoms. The molecule has 0 spiro atoms. The lowest BCUT2D eigenvalue weighted by molar-refractivity contribution is 0.0993. The smallest absolute Gasteiger partial charge is 0.278 e. The molecule has 164 valence electrons. The zero-order chi connectivity index (χ0) is 22.7. The van der Waals surface area contributed by atoms with E-state index < -0.39 is 11.8 Å². The van der Waals surface area contributed by atoms with Crippen LogP contribution in [0.3, 0.4) is 0 Å². The fourth-order valence-electron chi connectivity index (χ4n) is 3.37. The van der Waals surface area contributed by atoms with Gasteiger partial charge in [0.15, 0.2) is 10.8 Å². The highest BCUT2D eigenvalue weighted by molar-refractivity contribution is 7.14. The van der Waals surface area contributed by atoms with Gasteiger partial charge in [0.05, 0.1) is 11.1 Å². The average Bonchev–Trinajstić information content (AvgIpc) is 3.45. The van der Waals surface area contributed by atoms with Gasteiger partial charge < -0.3 is 10.7 Å². The fraction of sp³-hybridized carbons (Fsp3) is 0.227. The number of carbonyl (C=O) groups is 2. The maximum absolute atomic E-state index is 13.1. The first-order chi connectivity index (χ1) is 15.5. The van der Waals surface area contributed by atoms with Gasteiger partial charge in [0.25, 0.3) is 17.4 Å². The number of thiazole rings is 1. The maximum Gasteiger partial charge on any atom is 0.278 e. The monoisotopic (exact) mass is 450 g/mol. The predicted octanol–water partition coefficient (Wildman–Crippen LogP) is 3.39. The maximum atomic E-state index is 13.1. The minimum Gasteiger partial charge on any atom is -0.364 e. The van der Waals surface area contributed by atoms with Gasteiger partial charge in [0.2, 0.25) is 0 Å². The summed E-state index contributed by atoms with van der Waals surface area (Å²) in [6, 6.07) is 8.56. The van der Waals surface area contributed by atoms with Gasteiger partial charge in [0.1, 0.15) is 5.69 Å². The summed E-state index contributed by atoms with van der Waals surface area (Å²) in [4.78, 5) is 44.3. The highest BCUT2D eigenvalue weighted by atomic mass is 32.1. The third kappa shape index (κ3) is 4.30. The molecule has 0 aliphatic heterocycles. The van der Waals surface area contributed by atoms with Crippen LogP contribution in [0, 0.1) is 0 Å². The summed E-state index contributed by atoms with van der Waals surface area (Å²) in [6.07, 6.45) is 4.43. The Morgan fingerprint density at radius 3 is 2.72 bits per heavy atom. The zero-order valence-corrected chi connectivity index (χ0v) is 18.2. The van der Waals surface area contributed by atoms with Crippen LogP contribution in [0.5, 0.6) is 0 Å². The number of primary amides is 1. The Morgan fingerprint density at radius 2 is 2.00 bits per heavy atom. The van der Waals surface area contributed by atoms with Gasteiger partial charge in [-0.1, -0.05) is 38.0 Å². The molecule has 3 aromatic heterocycles. The number of H-pyrrole nitrogens is 1. The number of nitrogens with zero attached hydrogens (tertiary/aromatic N) is 3. The molecule has 0 saturated carbocycles. The van der Waals surface area contributed by atoms with Crippen molar-refractivity contribution in [3.05, 3.63) is 63.7 Å². The second kappa shape index (κ2) is 9.15. The number of hydrogen-bond acceptors (Lipinski definition) is 6. The van der Waals surface area contributed by atoms with E-state index in [1.807, 2.05) is 0 Å². The summed E-state index contributed by atoms with van der Waals surface area (Å²) in [5.74, 6) is -1.01. The molecule has 10 heteroatoms. The van der Waals surface area contributed by atoms with Crippen LogP contribution in [0.4, 0.5) is 5.13 Å². The molecule has 0 unspecified atom stereocenters. The molecule has 0 radical (unpaired) electrons. The molecule has 4 N–H and O–H groups in total. The van der Waals surface area contributed by atoms with E-state index in [4.69, 9.17) is 5.73 Å². The van der Waals surface area contributed by atoms with Gasteiger partial charge in [-0.15, -0.1) is 11.3 Å². The molecule has 2 amide bonds. The minimum absolute atomic E-state index is 0.172. The Kier molecular flexibility index (Phi) is 6.13. The summed E-state index contributed by atoms with van der Waals surface area (Å²) in [7, 11) is 0. The van der Waals surface area contributed by atoms with Gasteiger partial charge in [-0.25, -0.2) is 9.67 Å². The lowest BCUT2D eigenvalue weighted by Gasteiger charge is -2.10. The van der Waals surface area contributed by atoms with E-state index in [1.54, 1.807) is 41.9 Å².